The van der Waals surface area contributed by atoms with Crippen molar-refractivity contribution < 1.29 is 4.79 Å². The van der Waals surface area contributed by atoms with Gasteiger partial charge in [0.05, 0.1) is 5.56 Å². The summed E-state index contributed by atoms with van der Waals surface area (Å²) in [6.07, 6.45) is 5.17. The Hall–Kier alpha value is -1.77. The Kier molecular flexibility index (Phi) is 2.82. The van der Waals surface area contributed by atoms with E-state index in [2.05, 4.69) is 11.9 Å². The monoisotopic (exact) mass is 242 g/mol. The van der Waals surface area contributed by atoms with E-state index in [0.717, 1.165) is 42.3 Å². The van der Waals surface area contributed by atoms with Crippen LogP contribution in [0.3, 0.4) is 0 Å². The lowest BCUT2D eigenvalue weighted by atomic mass is 10.1. The van der Waals surface area contributed by atoms with Crippen LogP contribution in [0.4, 0.5) is 0 Å². The van der Waals surface area contributed by atoms with Gasteiger partial charge in [-0.05, 0) is 25.3 Å². The minimum absolute atomic E-state index is 0.178. The van der Waals surface area contributed by atoms with Crippen molar-refractivity contribution in [2.75, 3.05) is 6.54 Å². The summed E-state index contributed by atoms with van der Waals surface area (Å²) < 4.78 is 0. The number of likely N-dealkylation sites (tertiary alicyclic amines) is 1. The number of aromatic nitrogens is 1. The average molecular weight is 242 g/mol. The molecular weight excluding hydrogens is 224 g/mol. The van der Waals surface area contributed by atoms with Crippen LogP contribution in [0.25, 0.3) is 10.9 Å². The van der Waals surface area contributed by atoms with Gasteiger partial charge in [0.25, 0.3) is 5.91 Å². The molecule has 0 radical (unpaired) electrons. The molecule has 1 unspecified atom stereocenters. The molecule has 1 saturated heterocycles. The third-order valence-corrected chi connectivity index (χ3v) is 3.93. The van der Waals surface area contributed by atoms with E-state index in [9.17, 15) is 4.79 Å². The van der Waals surface area contributed by atoms with Crippen molar-refractivity contribution in [2.24, 2.45) is 0 Å². The van der Waals surface area contributed by atoms with Crippen molar-refractivity contribution in [3.63, 3.8) is 0 Å². The normalized spacial score (nSPS) is 19.6. The van der Waals surface area contributed by atoms with Gasteiger partial charge < -0.3 is 9.88 Å². The van der Waals surface area contributed by atoms with E-state index in [-0.39, 0.29) is 5.91 Å². The number of benzene rings is 1. The molecule has 3 nitrogen and oxygen atoms in total. The molecule has 3 heteroatoms. The van der Waals surface area contributed by atoms with Crippen molar-refractivity contribution in [1.29, 1.82) is 0 Å². The van der Waals surface area contributed by atoms with Gasteiger partial charge in [-0.25, -0.2) is 0 Å². The first-order valence-corrected chi connectivity index (χ1v) is 6.68. The summed E-state index contributed by atoms with van der Waals surface area (Å²) in [5.74, 6) is 0.178. The lowest BCUT2D eigenvalue weighted by molar-refractivity contribution is 0.0736. The number of hydrogen-bond acceptors (Lipinski definition) is 1. The van der Waals surface area contributed by atoms with Crippen molar-refractivity contribution in [2.45, 2.75) is 32.2 Å². The van der Waals surface area contributed by atoms with Crippen LogP contribution in [0, 0.1) is 0 Å². The molecule has 2 aromatic rings. The number of amides is 1. The highest BCUT2D eigenvalue weighted by Gasteiger charge is 2.29. The Labute approximate surface area is 107 Å². The third-order valence-electron chi connectivity index (χ3n) is 3.93. The smallest absolute Gasteiger partial charge is 0.256 e. The first kappa shape index (κ1) is 11.3. The fourth-order valence-electron chi connectivity index (χ4n) is 2.93. The molecule has 1 aromatic heterocycles. The molecule has 3 rings (SSSR count). The lowest BCUT2D eigenvalue weighted by Gasteiger charge is -2.23. The highest BCUT2D eigenvalue weighted by molar-refractivity contribution is 6.06. The van der Waals surface area contributed by atoms with Gasteiger partial charge in [0.1, 0.15) is 0 Å². The molecule has 0 saturated carbocycles. The first-order chi connectivity index (χ1) is 8.81. The molecule has 94 valence electrons. The summed E-state index contributed by atoms with van der Waals surface area (Å²) in [7, 11) is 0. The third kappa shape index (κ3) is 1.70. The number of carbonyl (C=O) groups is 1. The molecule has 18 heavy (non-hydrogen) atoms. The zero-order chi connectivity index (χ0) is 12.5. The number of H-pyrrole nitrogens is 1. The zero-order valence-corrected chi connectivity index (χ0v) is 10.6. The summed E-state index contributed by atoms with van der Waals surface area (Å²) in [6, 6.07) is 8.40. The van der Waals surface area contributed by atoms with Gasteiger partial charge in [0.2, 0.25) is 0 Å². The maximum atomic E-state index is 12.6. The van der Waals surface area contributed by atoms with Crippen LogP contribution >= 0.6 is 0 Å². The number of nitrogens with zero attached hydrogens (tertiary/aromatic N) is 1. The number of hydrogen-bond donors (Lipinski definition) is 1. The molecule has 1 fully saturated rings. The molecule has 1 aliphatic heterocycles. The van der Waals surface area contributed by atoms with Gasteiger partial charge in [0.15, 0.2) is 0 Å². The second-order valence-electron chi connectivity index (χ2n) is 4.95. The van der Waals surface area contributed by atoms with E-state index >= 15 is 0 Å². The first-order valence-electron chi connectivity index (χ1n) is 6.68. The van der Waals surface area contributed by atoms with Crippen LogP contribution in [0.1, 0.15) is 36.5 Å². The molecule has 1 aromatic carbocycles. The summed E-state index contributed by atoms with van der Waals surface area (Å²) in [6.45, 7) is 3.06. The Bertz CT molecular complexity index is 573. The molecular formula is C15H18N2O. The zero-order valence-electron chi connectivity index (χ0n) is 10.6. The SMILES string of the molecule is CCC1CCCN1C(=O)c1c[nH]c2ccccc12. The van der Waals surface area contributed by atoms with Crippen LogP contribution < -0.4 is 0 Å². The fourth-order valence-corrected chi connectivity index (χ4v) is 2.93. The highest BCUT2D eigenvalue weighted by Crippen LogP contribution is 2.25. The standard InChI is InChI=1S/C15H18N2O/c1-2-11-6-5-9-17(11)15(18)13-10-16-14-8-4-3-7-12(13)14/h3-4,7-8,10-11,16H,2,5-6,9H2,1H3. The summed E-state index contributed by atoms with van der Waals surface area (Å²) >= 11 is 0. The molecule has 1 aliphatic rings. The summed E-state index contributed by atoms with van der Waals surface area (Å²) in [5, 5.41) is 1.03. The van der Waals surface area contributed by atoms with Gasteiger partial charge >= 0.3 is 0 Å². The summed E-state index contributed by atoms with van der Waals surface area (Å²) in [4.78, 5) is 17.8. The molecule has 0 spiro atoms. The Morgan fingerprint density at radius 2 is 2.28 bits per heavy atom. The van der Waals surface area contributed by atoms with Gasteiger partial charge in [-0.3, -0.25) is 4.79 Å². The molecule has 0 bridgehead atoms. The molecule has 0 aliphatic carbocycles. The number of nitrogens with one attached hydrogen (secondary N) is 1. The van der Waals surface area contributed by atoms with E-state index in [1.54, 1.807) is 0 Å². The number of aromatic amines is 1. The van der Waals surface area contributed by atoms with E-state index in [1.165, 1.54) is 0 Å². The number of para-hydroxylation sites is 1. The van der Waals surface area contributed by atoms with E-state index in [4.69, 9.17) is 0 Å². The second-order valence-corrected chi connectivity index (χ2v) is 4.95. The Balaban J connectivity index is 1.97. The number of rotatable bonds is 2. The van der Waals surface area contributed by atoms with Crippen LogP contribution in [0.15, 0.2) is 30.5 Å². The Morgan fingerprint density at radius 3 is 3.11 bits per heavy atom. The minimum atomic E-state index is 0.178. The van der Waals surface area contributed by atoms with Gasteiger partial charge in [0, 0.05) is 29.7 Å². The Morgan fingerprint density at radius 1 is 1.44 bits per heavy atom. The maximum Gasteiger partial charge on any atom is 0.256 e. The molecule has 1 N–H and O–H groups in total. The van der Waals surface area contributed by atoms with Crippen LogP contribution in [0.5, 0.6) is 0 Å². The minimum Gasteiger partial charge on any atom is -0.360 e. The average Bonchev–Trinajstić information content (AvgIpc) is 3.04. The van der Waals surface area contributed by atoms with Crippen molar-refractivity contribution in [3.8, 4) is 0 Å². The number of fused-ring (bicyclic) bond motifs is 1. The molecule has 2 heterocycles. The van der Waals surface area contributed by atoms with E-state index in [1.807, 2.05) is 35.4 Å². The molecule has 1 amide bonds. The van der Waals surface area contributed by atoms with E-state index in [0.29, 0.717) is 6.04 Å². The van der Waals surface area contributed by atoms with Gasteiger partial charge in [-0.1, -0.05) is 25.1 Å². The van der Waals surface area contributed by atoms with Crippen molar-refractivity contribution >= 4 is 16.8 Å². The summed E-state index contributed by atoms with van der Waals surface area (Å²) in [5.41, 5.74) is 1.85. The largest absolute Gasteiger partial charge is 0.360 e. The predicted molar refractivity (Wildman–Crippen MR) is 72.6 cm³/mol. The fraction of sp³-hybridized carbons (Fsp3) is 0.400. The van der Waals surface area contributed by atoms with Crippen LogP contribution in [-0.2, 0) is 0 Å². The van der Waals surface area contributed by atoms with Gasteiger partial charge in [-0.15, -0.1) is 0 Å². The van der Waals surface area contributed by atoms with Crippen LogP contribution in [0.2, 0.25) is 0 Å². The van der Waals surface area contributed by atoms with Crippen molar-refractivity contribution in [1.82, 2.24) is 9.88 Å². The van der Waals surface area contributed by atoms with Gasteiger partial charge in [-0.2, -0.15) is 0 Å². The second kappa shape index (κ2) is 4.48. The predicted octanol–water partition coefficient (Wildman–Crippen LogP) is 3.18. The highest BCUT2D eigenvalue weighted by atomic mass is 16.2. The quantitative estimate of drug-likeness (QED) is 0.862. The van der Waals surface area contributed by atoms with Crippen molar-refractivity contribution in [3.05, 3.63) is 36.0 Å². The molecule has 1 atom stereocenters. The maximum absolute atomic E-state index is 12.6. The topological polar surface area (TPSA) is 36.1 Å². The van der Waals surface area contributed by atoms with Crippen LogP contribution in [-0.4, -0.2) is 28.4 Å². The lowest BCUT2D eigenvalue weighted by Crippen LogP contribution is -2.34. The number of carbonyl (C=O) groups excluding carboxylic acids is 1. The van der Waals surface area contributed by atoms with E-state index < -0.39 is 0 Å².